The molecule has 3 rings (SSSR count). The molecule has 0 aliphatic rings. The van der Waals surface area contributed by atoms with E-state index in [4.69, 9.17) is 0 Å². The molecule has 1 aromatic heterocycles. The van der Waals surface area contributed by atoms with Crippen LogP contribution in [0.2, 0.25) is 0 Å². The van der Waals surface area contributed by atoms with E-state index in [1.54, 1.807) is 42.6 Å². The lowest BCUT2D eigenvalue weighted by atomic mass is 10.0. The molecule has 0 radical (unpaired) electrons. The number of aromatic amines is 1. The van der Waals surface area contributed by atoms with E-state index in [1.165, 1.54) is 0 Å². The highest BCUT2D eigenvalue weighted by atomic mass is 16.2. The van der Waals surface area contributed by atoms with Crippen molar-refractivity contribution in [1.82, 2.24) is 21.2 Å². The summed E-state index contributed by atoms with van der Waals surface area (Å²) in [6.07, 6.45) is 1.58. The van der Waals surface area contributed by atoms with Crippen LogP contribution in [-0.4, -0.2) is 22.7 Å². The van der Waals surface area contributed by atoms with Gasteiger partial charge >= 0.3 is 0 Å². The lowest BCUT2D eigenvalue weighted by Gasteiger charge is -2.19. The highest BCUT2D eigenvalue weighted by Gasteiger charge is 2.19. The van der Waals surface area contributed by atoms with Gasteiger partial charge in [-0.05, 0) is 29.8 Å². The van der Waals surface area contributed by atoms with Crippen molar-refractivity contribution in [2.75, 3.05) is 0 Å². The van der Waals surface area contributed by atoms with Crippen molar-refractivity contribution in [3.8, 4) is 0 Å². The molecule has 0 saturated carbocycles. The van der Waals surface area contributed by atoms with E-state index in [9.17, 15) is 14.4 Å². The standard InChI is InChI=1S/C21H20N4O3/c26-19(24-25-21(28)17-12-7-13-22-17)14-18(15-8-3-1-4-9-15)23-20(27)16-10-5-2-6-11-16/h1-13,18,22H,14H2,(H,23,27)(H,24,26)(H,25,28). The van der Waals surface area contributed by atoms with E-state index < -0.39 is 17.9 Å². The first-order valence-corrected chi connectivity index (χ1v) is 8.77. The number of carbonyl (C=O) groups excluding carboxylic acids is 3. The van der Waals surface area contributed by atoms with Crippen LogP contribution >= 0.6 is 0 Å². The molecule has 0 aliphatic heterocycles. The topological polar surface area (TPSA) is 103 Å². The first-order valence-electron chi connectivity index (χ1n) is 8.77. The van der Waals surface area contributed by atoms with Crippen LogP contribution in [0.5, 0.6) is 0 Å². The van der Waals surface area contributed by atoms with Crippen LogP contribution < -0.4 is 16.2 Å². The van der Waals surface area contributed by atoms with Crippen molar-refractivity contribution in [1.29, 1.82) is 0 Å². The third-order valence-corrected chi connectivity index (χ3v) is 4.09. The number of nitrogens with one attached hydrogen (secondary N) is 4. The minimum Gasteiger partial charge on any atom is -0.357 e. The second-order valence-electron chi connectivity index (χ2n) is 6.09. The molecule has 1 unspecified atom stereocenters. The van der Waals surface area contributed by atoms with Crippen molar-refractivity contribution in [3.63, 3.8) is 0 Å². The van der Waals surface area contributed by atoms with Gasteiger partial charge in [0.1, 0.15) is 5.69 Å². The summed E-state index contributed by atoms with van der Waals surface area (Å²) in [5.74, 6) is -1.16. The fourth-order valence-corrected chi connectivity index (χ4v) is 2.67. The average molecular weight is 376 g/mol. The molecule has 0 spiro atoms. The molecule has 0 saturated heterocycles. The molecule has 7 heteroatoms. The third-order valence-electron chi connectivity index (χ3n) is 4.09. The summed E-state index contributed by atoms with van der Waals surface area (Å²) in [6.45, 7) is 0. The normalized spacial score (nSPS) is 11.3. The van der Waals surface area contributed by atoms with Crippen molar-refractivity contribution in [2.45, 2.75) is 12.5 Å². The maximum Gasteiger partial charge on any atom is 0.286 e. The lowest BCUT2D eigenvalue weighted by Crippen LogP contribution is -2.43. The molecule has 28 heavy (non-hydrogen) atoms. The molecule has 4 N–H and O–H groups in total. The van der Waals surface area contributed by atoms with Gasteiger partial charge in [0.2, 0.25) is 5.91 Å². The summed E-state index contributed by atoms with van der Waals surface area (Å²) in [4.78, 5) is 39.5. The van der Waals surface area contributed by atoms with Crippen LogP contribution in [0.25, 0.3) is 0 Å². The average Bonchev–Trinajstić information content (AvgIpc) is 3.28. The lowest BCUT2D eigenvalue weighted by molar-refractivity contribution is -0.122. The first kappa shape index (κ1) is 18.9. The molecule has 0 aliphatic carbocycles. The monoisotopic (exact) mass is 376 g/mol. The van der Waals surface area contributed by atoms with Gasteiger partial charge in [0.05, 0.1) is 12.5 Å². The second-order valence-corrected chi connectivity index (χ2v) is 6.09. The summed E-state index contributed by atoms with van der Waals surface area (Å²) in [7, 11) is 0. The second kappa shape index (κ2) is 9.18. The molecule has 0 fully saturated rings. The summed E-state index contributed by atoms with van der Waals surface area (Å²) in [6, 6.07) is 20.7. The first-order chi connectivity index (χ1) is 13.6. The fourth-order valence-electron chi connectivity index (χ4n) is 2.67. The van der Waals surface area contributed by atoms with Crippen molar-refractivity contribution in [3.05, 3.63) is 95.8 Å². The Kier molecular flexibility index (Phi) is 6.20. The Balaban J connectivity index is 1.64. The van der Waals surface area contributed by atoms with Gasteiger partial charge in [-0.15, -0.1) is 0 Å². The van der Waals surface area contributed by atoms with Gasteiger partial charge < -0.3 is 10.3 Å². The molecule has 7 nitrogen and oxygen atoms in total. The van der Waals surface area contributed by atoms with Crippen molar-refractivity contribution < 1.29 is 14.4 Å². The maximum atomic E-state index is 12.5. The van der Waals surface area contributed by atoms with E-state index in [0.29, 0.717) is 11.3 Å². The highest BCUT2D eigenvalue weighted by Crippen LogP contribution is 2.17. The molecule has 3 amide bonds. The van der Waals surface area contributed by atoms with Crippen LogP contribution in [-0.2, 0) is 4.79 Å². The van der Waals surface area contributed by atoms with Gasteiger partial charge in [0.25, 0.3) is 11.8 Å². The molecule has 1 heterocycles. The number of hydrazine groups is 1. The molecular formula is C21H20N4O3. The van der Waals surface area contributed by atoms with E-state index in [-0.39, 0.29) is 12.3 Å². The highest BCUT2D eigenvalue weighted by molar-refractivity contribution is 5.95. The quantitative estimate of drug-likeness (QED) is 0.497. The minimum atomic E-state index is -0.545. The Bertz CT molecular complexity index is 925. The predicted molar refractivity (Wildman–Crippen MR) is 104 cm³/mol. The zero-order valence-electron chi connectivity index (χ0n) is 15.0. The Morgan fingerprint density at radius 1 is 0.786 bits per heavy atom. The molecular weight excluding hydrogens is 356 g/mol. The zero-order chi connectivity index (χ0) is 19.8. The summed E-state index contributed by atoms with van der Waals surface area (Å²) in [5, 5.41) is 2.88. The van der Waals surface area contributed by atoms with E-state index in [1.807, 2.05) is 36.4 Å². The third kappa shape index (κ3) is 5.07. The maximum absolute atomic E-state index is 12.5. The van der Waals surface area contributed by atoms with Gasteiger partial charge in [-0.2, -0.15) is 0 Å². The SMILES string of the molecule is O=C(CC(NC(=O)c1ccccc1)c1ccccc1)NNC(=O)c1ccc[nH]1. The van der Waals surface area contributed by atoms with Crippen LogP contribution in [0.1, 0.15) is 38.9 Å². The van der Waals surface area contributed by atoms with Gasteiger partial charge in [-0.1, -0.05) is 48.5 Å². The smallest absolute Gasteiger partial charge is 0.286 e. The number of aromatic nitrogens is 1. The van der Waals surface area contributed by atoms with Crippen molar-refractivity contribution >= 4 is 17.7 Å². The van der Waals surface area contributed by atoms with Gasteiger partial charge in [-0.25, -0.2) is 0 Å². The predicted octanol–water partition coefficient (Wildman–Crippen LogP) is 2.34. The van der Waals surface area contributed by atoms with Crippen LogP contribution in [0.4, 0.5) is 0 Å². The van der Waals surface area contributed by atoms with Crippen molar-refractivity contribution in [2.24, 2.45) is 0 Å². The fraction of sp³-hybridized carbons (Fsp3) is 0.0952. The largest absolute Gasteiger partial charge is 0.357 e. The summed E-state index contributed by atoms with van der Waals surface area (Å²) >= 11 is 0. The number of hydrogen-bond donors (Lipinski definition) is 4. The summed E-state index contributed by atoms with van der Waals surface area (Å²) in [5.41, 5.74) is 6.34. The molecule has 0 bridgehead atoms. The van der Waals surface area contributed by atoms with Gasteiger partial charge in [-0.3, -0.25) is 25.2 Å². The number of amides is 3. The number of carbonyl (C=O) groups is 3. The number of rotatable bonds is 6. The Morgan fingerprint density at radius 3 is 2.11 bits per heavy atom. The number of H-pyrrole nitrogens is 1. The van der Waals surface area contributed by atoms with E-state index in [0.717, 1.165) is 5.56 Å². The Morgan fingerprint density at radius 2 is 1.46 bits per heavy atom. The Hall–Kier alpha value is -3.87. The van der Waals surface area contributed by atoms with Gasteiger partial charge in [0.15, 0.2) is 0 Å². The van der Waals surface area contributed by atoms with E-state index in [2.05, 4.69) is 21.2 Å². The molecule has 3 aromatic rings. The zero-order valence-corrected chi connectivity index (χ0v) is 15.0. The van der Waals surface area contributed by atoms with Crippen LogP contribution in [0, 0.1) is 0 Å². The molecule has 142 valence electrons. The number of hydrogen-bond acceptors (Lipinski definition) is 3. The molecule has 1 atom stereocenters. The Labute approximate surface area is 162 Å². The van der Waals surface area contributed by atoms with Gasteiger partial charge in [0, 0.05) is 11.8 Å². The van der Waals surface area contributed by atoms with E-state index >= 15 is 0 Å². The molecule has 2 aromatic carbocycles. The number of benzene rings is 2. The minimum absolute atomic E-state index is 0.0341. The summed E-state index contributed by atoms with van der Waals surface area (Å²) < 4.78 is 0. The van der Waals surface area contributed by atoms with Crippen LogP contribution in [0.3, 0.4) is 0 Å². The van der Waals surface area contributed by atoms with Crippen LogP contribution in [0.15, 0.2) is 79.0 Å².